The molecule has 0 saturated heterocycles. The van der Waals surface area contributed by atoms with Crippen molar-refractivity contribution in [3.63, 3.8) is 0 Å². The van der Waals surface area contributed by atoms with Crippen LogP contribution in [0.15, 0.2) is 30.3 Å². The second-order valence-corrected chi connectivity index (χ2v) is 6.50. The summed E-state index contributed by atoms with van der Waals surface area (Å²) in [5.74, 6) is 0. The minimum Gasteiger partial charge on any atom is -0.726 e. The van der Waals surface area contributed by atoms with Crippen LogP contribution in [-0.2, 0) is 14.6 Å². The zero-order valence-corrected chi connectivity index (χ0v) is 14.4. The van der Waals surface area contributed by atoms with Crippen LogP contribution in [0.1, 0.15) is 19.8 Å². The van der Waals surface area contributed by atoms with Gasteiger partial charge in [0.05, 0.1) is 34.8 Å². The van der Waals surface area contributed by atoms with Crippen LogP contribution in [0.25, 0.3) is 0 Å². The Morgan fingerprint density at radius 1 is 1.19 bits per heavy atom. The molecule has 0 aliphatic carbocycles. The Morgan fingerprint density at radius 2 is 1.62 bits per heavy atom. The summed E-state index contributed by atoms with van der Waals surface area (Å²) in [5, 5.41) is 0. The largest absolute Gasteiger partial charge is 0.726 e. The fraction of sp³-hybridized carbons (Fsp3) is 0.571. The maximum absolute atomic E-state index is 9.22. The highest BCUT2D eigenvalue weighted by atomic mass is 32.3. The van der Waals surface area contributed by atoms with Gasteiger partial charge in [0.15, 0.2) is 0 Å². The average molecular weight is 320 g/mol. The molecule has 1 aromatic carbocycles. The van der Waals surface area contributed by atoms with Crippen LogP contribution in [0.2, 0.25) is 0 Å². The number of nitrogens with two attached hydrogens (primary N) is 1. The molecule has 7 heteroatoms. The lowest BCUT2D eigenvalue weighted by molar-refractivity contribution is -0.870. The van der Waals surface area contributed by atoms with Crippen LogP contribution in [0.4, 0.5) is 5.69 Å². The summed E-state index contributed by atoms with van der Waals surface area (Å²) in [6, 6.07) is 9.49. The smallest absolute Gasteiger partial charge is 0.217 e. The van der Waals surface area contributed by atoms with Gasteiger partial charge < -0.3 is 14.8 Å². The molecule has 21 heavy (non-hydrogen) atoms. The highest BCUT2D eigenvalue weighted by Gasteiger charge is 2.02. The quantitative estimate of drug-likeness (QED) is 0.395. The highest BCUT2D eigenvalue weighted by molar-refractivity contribution is 7.80. The number of hydrogen-bond acceptors (Lipinski definition) is 5. The second kappa shape index (κ2) is 11.5. The fourth-order valence-electron chi connectivity index (χ4n) is 1.09. The molecule has 124 valence electrons. The Labute approximate surface area is 129 Å². The Kier molecular flexibility index (Phi) is 12.1. The van der Waals surface area contributed by atoms with Crippen LogP contribution < -0.4 is 5.73 Å². The predicted molar refractivity (Wildman–Crippen MR) is 85.4 cm³/mol. The van der Waals surface area contributed by atoms with Crippen molar-refractivity contribution in [3.8, 4) is 0 Å². The van der Waals surface area contributed by atoms with Crippen molar-refractivity contribution in [3.05, 3.63) is 30.3 Å². The summed E-state index contributed by atoms with van der Waals surface area (Å²) in [7, 11) is 3.09. The van der Waals surface area contributed by atoms with Gasteiger partial charge in [-0.05, 0) is 18.6 Å². The first-order chi connectivity index (χ1) is 9.52. The average Bonchev–Trinajstić information content (AvgIpc) is 2.37. The van der Waals surface area contributed by atoms with Gasteiger partial charge in [-0.1, -0.05) is 31.5 Å². The van der Waals surface area contributed by atoms with Gasteiger partial charge in [-0.2, -0.15) is 0 Å². The maximum atomic E-state index is 9.22. The molecule has 0 radical (unpaired) electrons. The Balaban J connectivity index is 0. The van der Waals surface area contributed by atoms with E-state index in [2.05, 4.69) is 32.2 Å². The molecule has 0 spiro atoms. The van der Waals surface area contributed by atoms with Crippen LogP contribution in [0.5, 0.6) is 0 Å². The Hall–Kier alpha value is -1.15. The number of hydrogen-bond donors (Lipinski definition) is 1. The van der Waals surface area contributed by atoms with E-state index in [0.717, 1.165) is 17.3 Å². The molecule has 1 aromatic rings. The third-order valence-corrected chi connectivity index (χ3v) is 2.59. The van der Waals surface area contributed by atoms with Crippen LogP contribution in [0.3, 0.4) is 0 Å². The highest BCUT2D eigenvalue weighted by Crippen LogP contribution is 1.96. The van der Waals surface area contributed by atoms with Crippen LogP contribution in [0, 0.1) is 0 Å². The topological polar surface area (TPSA) is 92.5 Å². The number of benzene rings is 1. The van der Waals surface area contributed by atoms with Crippen LogP contribution >= 0.6 is 0 Å². The first kappa shape index (κ1) is 22.1. The summed E-state index contributed by atoms with van der Waals surface area (Å²) in [4.78, 5) is 0. The molecule has 0 aliphatic rings. The van der Waals surface area contributed by atoms with Gasteiger partial charge in [0.1, 0.15) is 0 Å². The molecule has 0 atom stereocenters. The SMILES string of the molecule is CCCC[N+](C)(C)C.COS(=O)(=O)[O-].Nc1ccccc1. The third kappa shape index (κ3) is 24.3. The van der Waals surface area contributed by atoms with Crippen molar-refractivity contribution in [2.24, 2.45) is 0 Å². The van der Waals surface area contributed by atoms with Gasteiger partial charge in [0.2, 0.25) is 10.4 Å². The van der Waals surface area contributed by atoms with Crippen molar-refractivity contribution in [2.75, 3.05) is 40.5 Å². The summed E-state index contributed by atoms with van der Waals surface area (Å²) < 4.78 is 32.1. The van der Waals surface area contributed by atoms with E-state index in [1.54, 1.807) is 0 Å². The minimum atomic E-state index is -4.41. The molecule has 2 N–H and O–H groups in total. The third-order valence-electron chi connectivity index (χ3n) is 2.19. The van der Waals surface area contributed by atoms with E-state index in [4.69, 9.17) is 5.73 Å². The number of rotatable bonds is 4. The lowest BCUT2D eigenvalue weighted by atomic mass is 10.3. The molecule has 0 aromatic heterocycles. The maximum Gasteiger partial charge on any atom is 0.217 e. The Bertz CT molecular complexity index is 442. The summed E-state index contributed by atoms with van der Waals surface area (Å²) in [6.45, 7) is 3.53. The van der Waals surface area contributed by atoms with Crippen LogP contribution in [-0.4, -0.2) is 52.3 Å². The van der Waals surface area contributed by atoms with Crippen molar-refractivity contribution in [1.82, 2.24) is 0 Å². The first-order valence-electron chi connectivity index (χ1n) is 6.64. The van der Waals surface area contributed by atoms with Crippen molar-refractivity contribution in [1.29, 1.82) is 0 Å². The number of nitrogen functional groups attached to an aromatic ring is 1. The molecule has 0 bridgehead atoms. The summed E-state index contributed by atoms with van der Waals surface area (Å²) in [6.07, 6.45) is 2.67. The summed E-state index contributed by atoms with van der Waals surface area (Å²) in [5.41, 5.74) is 6.18. The second-order valence-electron chi connectivity index (χ2n) is 5.35. The monoisotopic (exact) mass is 320 g/mol. The molecule has 1 rings (SSSR count). The van der Waals surface area contributed by atoms with E-state index in [-0.39, 0.29) is 0 Å². The first-order valence-corrected chi connectivity index (χ1v) is 7.97. The van der Waals surface area contributed by atoms with Crippen molar-refractivity contribution < 1.29 is 21.6 Å². The molecule has 6 nitrogen and oxygen atoms in total. The Morgan fingerprint density at radius 3 is 1.76 bits per heavy atom. The molecule has 0 heterocycles. The molecule has 0 fully saturated rings. The lowest BCUT2D eigenvalue weighted by Crippen LogP contribution is -2.35. The minimum absolute atomic E-state index is 0.808. The number of unbranched alkanes of at least 4 members (excludes halogenated alkanes) is 1. The van der Waals surface area contributed by atoms with Crippen molar-refractivity contribution in [2.45, 2.75) is 19.8 Å². The fourth-order valence-corrected chi connectivity index (χ4v) is 1.09. The molecular formula is C14H28N2O4S. The standard InChI is InChI=1S/C7H18N.C6H7N.CH4O4S/c1-5-6-7-8(2,3)4;7-6-4-2-1-3-5-6;1-5-6(2,3)4/h5-7H2,1-4H3;1-5H,7H2;1H3,(H,2,3,4)/q+1;;/p-1. The number of quaternary nitrogens is 1. The zero-order valence-electron chi connectivity index (χ0n) is 13.6. The van der Waals surface area contributed by atoms with E-state index in [1.165, 1.54) is 19.4 Å². The van der Waals surface area contributed by atoms with Gasteiger partial charge in [-0.15, -0.1) is 0 Å². The molecule has 0 saturated carbocycles. The van der Waals surface area contributed by atoms with E-state index in [9.17, 15) is 13.0 Å². The van der Waals surface area contributed by atoms with E-state index in [0.29, 0.717) is 0 Å². The number of para-hydroxylation sites is 1. The van der Waals surface area contributed by atoms with E-state index < -0.39 is 10.4 Å². The summed E-state index contributed by atoms with van der Waals surface area (Å²) >= 11 is 0. The molecular weight excluding hydrogens is 292 g/mol. The van der Waals surface area contributed by atoms with Gasteiger partial charge in [-0.25, -0.2) is 8.42 Å². The number of nitrogens with zero attached hydrogens (tertiary/aromatic N) is 1. The molecule has 0 unspecified atom stereocenters. The van der Waals surface area contributed by atoms with Gasteiger partial charge in [0, 0.05) is 5.69 Å². The van der Waals surface area contributed by atoms with Gasteiger partial charge >= 0.3 is 0 Å². The predicted octanol–water partition coefficient (Wildman–Crippen LogP) is 1.85. The van der Waals surface area contributed by atoms with Gasteiger partial charge in [-0.3, -0.25) is 4.18 Å². The van der Waals surface area contributed by atoms with E-state index >= 15 is 0 Å². The molecule has 0 amide bonds. The zero-order chi connectivity index (χ0) is 16.9. The molecule has 0 aliphatic heterocycles. The van der Waals surface area contributed by atoms with E-state index in [1.807, 2.05) is 30.3 Å². The lowest BCUT2D eigenvalue weighted by Gasteiger charge is -2.23. The van der Waals surface area contributed by atoms with Gasteiger partial charge in [0.25, 0.3) is 0 Å². The van der Waals surface area contributed by atoms with Crippen molar-refractivity contribution >= 4 is 16.1 Å². The number of anilines is 1. The normalized spacial score (nSPS) is 10.8.